The molecule has 0 aliphatic rings. The first-order valence-electron chi connectivity index (χ1n) is 7.67. The number of nitrogens with one attached hydrogen (secondary N) is 1. The molecular weight excluding hydrogens is 408 g/mol. The van der Waals surface area contributed by atoms with Crippen molar-refractivity contribution in [1.29, 1.82) is 0 Å². The summed E-state index contributed by atoms with van der Waals surface area (Å²) in [6.07, 6.45) is -9.31. The zero-order chi connectivity index (χ0) is 21.4. The normalized spacial score (nSPS) is 12.1. The van der Waals surface area contributed by atoms with Gasteiger partial charge in [-0.3, -0.25) is 4.79 Å². The fraction of sp³-hybridized carbons (Fsp3) is 0.118. The second-order valence-corrected chi connectivity index (χ2v) is 5.70. The van der Waals surface area contributed by atoms with Gasteiger partial charge >= 0.3 is 18.4 Å². The molecule has 12 heteroatoms. The number of fused-ring (bicyclic) bond motifs is 1. The maximum absolute atomic E-state index is 13.0. The summed E-state index contributed by atoms with van der Waals surface area (Å²) in [5, 5.41) is 2.20. The van der Waals surface area contributed by atoms with E-state index in [1.807, 2.05) is 0 Å². The lowest BCUT2D eigenvalue weighted by Crippen LogP contribution is -2.34. The van der Waals surface area contributed by atoms with Crippen LogP contribution in [0, 0.1) is 0 Å². The quantitative estimate of drug-likeness (QED) is 0.478. The van der Waals surface area contributed by atoms with Crippen molar-refractivity contribution in [2.75, 3.05) is 10.2 Å². The van der Waals surface area contributed by atoms with Crippen LogP contribution in [0.5, 0.6) is 0 Å². The highest BCUT2D eigenvalue weighted by atomic mass is 19.4. The molecule has 0 saturated heterocycles. The number of urea groups is 1. The molecule has 1 N–H and O–H groups in total. The number of benzene rings is 2. The molecule has 3 rings (SSSR count). The van der Waals surface area contributed by atoms with Crippen molar-refractivity contribution in [1.82, 2.24) is 4.98 Å². The van der Waals surface area contributed by atoms with Crippen LogP contribution in [0.15, 0.2) is 47.2 Å². The number of amides is 3. The molecule has 0 fully saturated rings. The molecular formula is C17H9F6N3O3. The Kier molecular flexibility index (Phi) is 4.95. The summed E-state index contributed by atoms with van der Waals surface area (Å²) in [6.45, 7) is 0. The molecule has 0 bridgehead atoms. The number of carbonyl (C=O) groups is 2. The fourth-order valence-corrected chi connectivity index (χ4v) is 2.42. The van der Waals surface area contributed by atoms with Crippen molar-refractivity contribution in [3.63, 3.8) is 0 Å². The number of hydrogen-bond donors (Lipinski definition) is 1. The second kappa shape index (κ2) is 7.11. The van der Waals surface area contributed by atoms with Gasteiger partial charge in [-0.25, -0.2) is 14.7 Å². The zero-order valence-electron chi connectivity index (χ0n) is 14.0. The Bertz CT molecular complexity index is 1040. The minimum absolute atomic E-state index is 0.0891. The van der Waals surface area contributed by atoms with E-state index in [1.54, 1.807) is 0 Å². The van der Waals surface area contributed by atoms with E-state index in [0.29, 0.717) is 11.1 Å². The molecule has 29 heavy (non-hydrogen) atoms. The third kappa shape index (κ3) is 4.31. The van der Waals surface area contributed by atoms with Crippen molar-refractivity contribution in [2.24, 2.45) is 0 Å². The highest BCUT2D eigenvalue weighted by molar-refractivity contribution is 6.12. The molecule has 152 valence electrons. The van der Waals surface area contributed by atoms with E-state index in [-0.39, 0.29) is 35.2 Å². The SMILES string of the molecule is O=CN(C(=O)Nc1ccc2ocnc2c1)c1cc(C(F)(F)F)cc(C(F)(F)F)c1. The minimum Gasteiger partial charge on any atom is -0.443 e. The second-order valence-electron chi connectivity index (χ2n) is 5.70. The number of nitrogens with zero attached hydrogens (tertiary/aromatic N) is 2. The number of aromatic nitrogens is 1. The number of halogens is 6. The first-order valence-corrected chi connectivity index (χ1v) is 7.67. The number of hydrogen-bond acceptors (Lipinski definition) is 4. The van der Waals surface area contributed by atoms with E-state index in [9.17, 15) is 35.9 Å². The molecule has 2 aromatic carbocycles. The van der Waals surface area contributed by atoms with Gasteiger partial charge in [-0.05, 0) is 36.4 Å². The lowest BCUT2D eigenvalue weighted by atomic mass is 10.1. The van der Waals surface area contributed by atoms with Crippen molar-refractivity contribution < 1.29 is 40.3 Å². The Morgan fingerprint density at radius 1 is 1.00 bits per heavy atom. The lowest BCUT2D eigenvalue weighted by Gasteiger charge is -2.20. The van der Waals surface area contributed by atoms with Crippen LogP contribution in [0.4, 0.5) is 42.5 Å². The molecule has 3 amide bonds. The van der Waals surface area contributed by atoms with Crippen LogP contribution in [-0.4, -0.2) is 17.4 Å². The molecule has 6 nitrogen and oxygen atoms in total. The summed E-state index contributed by atoms with van der Waals surface area (Å²) in [5.74, 6) is 0. The summed E-state index contributed by atoms with van der Waals surface area (Å²) < 4.78 is 82.9. The summed E-state index contributed by atoms with van der Waals surface area (Å²) in [7, 11) is 0. The maximum atomic E-state index is 13.0. The average Bonchev–Trinajstić information content (AvgIpc) is 3.08. The summed E-state index contributed by atoms with van der Waals surface area (Å²) in [5.41, 5.74) is -3.42. The molecule has 1 heterocycles. The van der Waals surface area contributed by atoms with Gasteiger partial charge in [0.2, 0.25) is 6.41 Å². The Morgan fingerprint density at radius 3 is 2.17 bits per heavy atom. The van der Waals surface area contributed by atoms with Crippen LogP contribution in [0.25, 0.3) is 11.1 Å². The van der Waals surface area contributed by atoms with Crippen LogP contribution in [-0.2, 0) is 17.1 Å². The molecule has 0 saturated carbocycles. The van der Waals surface area contributed by atoms with E-state index < -0.39 is 35.2 Å². The monoisotopic (exact) mass is 417 g/mol. The molecule has 0 aliphatic carbocycles. The van der Waals surface area contributed by atoms with E-state index in [1.165, 1.54) is 18.2 Å². The highest BCUT2D eigenvalue weighted by Crippen LogP contribution is 2.38. The molecule has 0 atom stereocenters. The zero-order valence-corrected chi connectivity index (χ0v) is 14.0. The summed E-state index contributed by atoms with van der Waals surface area (Å²) >= 11 is 0. The maximum Gasteiger partial charge on any atom is 0.416 e. The van der Waals surface area contributed by atoms with Crippen molar-refractivity contribution >= 4 is 34.9 Å². The molecule has 0 radical (unpaired) electrons. The Balaban J connectivity index is 1.97. The Hall–Kier alpha value is -3.57. The van der Waals surface area contributed by atoms with Crippen molar-refractivity contribution in [3.05, 3.63) is 53.9 Å². The van der Waals surface area contributed by atoms with E-state index >= 15 is 0 Å². The first kappa shape index (κ1) is 20.2. The minimum atomic E-state index is -5.13. The number of imide groups is 1. The van der Waals surface area contributed by atoms with Crippen LogP contribution >= 0.6 is 0 Å². The topological polar surface area (TPSA) is 75.4 Å². The Morgan fingerprint density at radius 2 is 1.62 bits per heavy atom. The van der Waals surface area contributed by atoms with Crippen LogP contribution in [0.3, 0.4) is 0 Å². The van der Waals surface area contributed by atoms with Gasteiger partial charge < -0.3 is 9.73 Å². The highest BCUT2D eigenvalue weighted by Gasteiger charge is 2.38. The van der Waals surface area contributed by atoms with Gasteiger partial charge in [0.15, 0.2) is 12.0 Å². The smallest absolute Gasteiger partial charge is 0.416 e. The van der Waals surface area contributed by atoms with Gasteiger partial charge in [0.25, 0.3) is 0 Å². The molecule has 3 aromatic rings. The summed E-state index contributed by atoms with van der Waals surface area (Å²) in [6, 6.07) is 3.27. The number of carbonyl (C=O) groups excluding carboxylic acids is 2. The standard InChI is InChI=1S/C17H9F6N3O3/c18-16(19,20)9-3-10(17(21,22)23)5-12(4-9)26(8-27)15(28)25-11-1-2-14-13(6-11)24-7-29-14/h1-8H,(H,25,28). The number of rotatable bonds is 3. The van der Waals surface area contributed by atoms with Gasteiger partial charge in [-0.1, -0.05) is 0 Å². The molecule has 1 aromatic heterocycles. The predicted molar refractivity (Wildman–Crippen MR) is 88.0 cm³/mol. The lowest BCUT2D eigenvalue weighted by molar-refractivity contribution is -0.143. The van der Waals surface area contributed by atoms with Crippen molar-refractivity contribution in [2.45, 2.75) is 12.4 Å². The van der Waals surface area contributed by atoms with Gasteiger partial charge in [0, 0.05) is 5.69 Å². The van der Waals surface area contributed by atoms with Crippen molar-refractivity contribution in [3.8, 4) is 0 Å². The summed E-state index contributed by atoms with van der Waals surface area (Å²) in [4.78, 5) is 27.6. The molecule has 0 spiro atoms. The van der Waals surface area contributed by atoms with Crippen LogP contribution in [0.2, 0.25) is 0 Å². The molecule has 0 unspecified atom stereocenters. The third-order valence-corrected chi connectivity index (χ3v) is 3.76. The van der Waals surface area contributed by atoms with E-state index in [2.05, 4.69) is 10.3 Å². The van der Waals surface area contributed by atoms with Gasteiger partial charge in [0.05, 0.1) is 16.8 Å². The predicted octanol–water partition coefficient (Wildman–Crippen LogP) is 5.06. The number of oxazole rings is 1. The fourth-order valence-electron chi connectivity index (χ4n) is 2.42. The molecule has 0 aliphatic heterocycles. The van der Waals surface area contributed by atoms with Gasteiger partial charge in [-0.2, -0.15) is 26.3 Å². The van der Waals surface area contributed by atoms with Gasteiger partial charge in [-0.15, -0.1) is 0 Å². The number of alkyl halides is 6. The van der Waals surface area contributed by atoms with E-state index in [0.717, 1.165) is 6.39 Å². The number of anilines is 2. The van der Waals surface area contributed by atoms with Crippen LogP contribution < -0.4 is 10.2 Å². The van der Waals surface area contributed by atoms with Gasteiger partial charge in [0.1, 0.15) is 5.52 Å². The van der Waals surface area contributed by atoms with E-state index in [4.69, 9.17) is 4.42 Å². The largest absolute Gasteiger partial charge is 0.443 e. The third-order valence-electron chi connectivity index (χ3n) is 3.76. The first-order chi connectivity index (χ1) is 13.5. The Labute approximate surface area is 157 Å². The van der Waals surface area contributed by atoms with Crippen LogP contribution in [0.1, 0.15) is 11.1 Å². The average molecular weight is 417 g/mol.